The first-order valence-electron chi connectivity index (χ1n) is 6.60. The van der Waals surface area contributed by atoms with E-state index in [2.05, 4.69) is 5.32 Å². The van der Waals surface area contributed by atoms with Crippen molar-refractivity contribution in [3.05, 3.63) is 29.8 Å². The predicted molar refractivity (Wildman–Crippen MR) is 80.8 cm³/mol. The second-order valence-electron chi connectivity index (χ2n) is 4.09. The molecule has 0 saturated carbocycles. The Morgan fingerprint density at radius 1 is 1.25 bits per heavy atom. The lowest BCUT2D eigenvalue weighted by atomic mass is 10.2. The minimum atomic E-state index is -0.978. The highest BCUT2D eigenvalue weighted by molar-refractivity contribution is 7.99. The number of benzene rings is 1. The summed E-state index contributed by atoms with van der Waals surface area (Å²) in [6, 6.07) is 6.63. The number of rotatable bonds is 11. The normalized spacial score (nSPS) is 10.4. The fourth-order valence-corrected chi connectivity index (χ4v) is 2.37. The SMILES string of the molecule is O=C(O)c1ccccc1OCCNCCSCCCO. The molecule has 0 spiro atoms. The summed E-state index contributed by atoms with van der Waals surface area (Å²) in [5.74, 6) is 1.39. The van der Waals surface area contributed by atoms with Crippen LogP contribution in [0, 0.1) is 0 Å². The summed E-state index contributed by atoms with van der Waals surface area (Å²) in [7, 11) is 0. The third-order valence-corrected chi connectivity index (χ3v) is 3.59. The number of aromatic carboxylic acids is 1. The van der Waals surface area contributed by atoms with E-state index >= 15 is 0 Å². The number of para-hydroxylation sites is 1. The highest BCUT2D eigenvalue weighted by Gasteiger charge is 2.09. The van der Waals surface area contributed by atoms with Crippen LogP contribution >= 0.6 is 11.8 Å². The van der Waals surface area contributed by atoms with Gasteiger partial charge in [-0.15, -0.1) is 0 Å². The molecule has 0 aliphatic carbocycles. The molecule has 0 heterocycles. The number of carboxylic acid groups (broad SMARTS) is 1. The van der Waals surface area contributed by atoms with Crippen LogP contribution in [-0.2, 0) is 0 Å². The Morgan fingerprint density at radius 3 is 2.80 bits per heavy atom. The fraction of sp³-hybridized carbons (Fsp3) is 0.500. The van der Waals surface area contributed by atoms with Crippen molar-refractivity contribution in [1.29, 1.82) is 0 Å². The maximum absolute atomic E-state index is 11.0. The second-order valence-corrected chi connectivity index (χ2v) is 5.31. The van der Waals surface area contributed by atoms with Gasteiger partial charge in [0.2, 0.25) is 0 Å². The van der Waals surface area contributed by atoms with E-state index in [9.17, 15) is 4.79 Å². The van der Waals surface area contributed by atoms with Gasteiger partial charge >= 0.3 is 5.97 Å². The molecule has 6 heteroatoms. The topological polar surface area (TPSA) is 78.8 Å². The van der Waals surface area contributed by atoms with Crippen LogP contribution in [0.4, 0.5) is 0 Å². The number of thioether (sulfide) groups is 1. The van der Waals surface area contributed by atoms with Crippen molar-refractivity contribution >= 4 is 17.7 Å². The van der Waals surface area contributed by atoms with E-state index in [1.807, 2.05) is 0 Å². The van der Waals surface area contributed by atoms with Crippen molar-refractivity contribution in [2.75, 3.05) is 37.8 Å². The zero-order valence-corrected chi connectivity index (χ0v) is 12.2. The van der Waals surface area contributed by atoms with Crippen LogP contribution in [0.2, 0.25) is 0 Å². The first-order valence-corrected chi connectivity index (χ1v) is 7.75. The Labute approximate surface area is 123 Å². The quantitative estimate of drug-likeness (QED) is 0.537. The molecule has 1 rings (SSSR count). The summed E-state index contributed by atoms with van der Waals surface area (Å²) in [4.78, 5) is 11.0. The third kappa shape index (κ3) is 6.79. The van der Waals surface area contributed by atoms with Gasteiger partial charge in [0.15, 0.2) is 0 Å². The summed E-state index contributed by atoms with van der Waals surface area (Å²) in [6.45, 7) is 2.23. The lowest BCUT2D eigenvalue weighted by Crippen LogP contribution is -2.23. The largest absolute Gasteiger partial charge is 0.491 e. The Kier molecular flexibility index (Phi) is 8.86. The lowest BCUT2D eigenvalue weighted by Gasteiger charge is -2.09. The maximum Gasteiger partial charge on any atom is 0.339 e. The molecule has 1 aromatic carbocycles. The van der Waals surface area contributed by atoms with Gasteiger partial charge in [-0.1, -0.05) is 12.1 Å². The highest BCUT2D eigenvalue weighted by atomic mass is 32.2. The first kappa shape index (κ1) is 16.8. The molecule has 0 fully saturated rings. The first-order chi connectivity index (χ1) is 9.75. The van der Waals surface area contributed by atoms with Crippen LogP contribution in [0.3, 0.4) is 0 Å². The molecule has 0 aliphatic heterocycles. The number of aliphatic hydroxyl groups is 1. The Morgan fingerprint density at radius 2 is 2.05 bits per heavy atom. The molecule has 0 bridgehead atoms. The van der Waals surface area contributed by atoms with Crippen molar-refractivity contribution in [3.8, 4) is 5.75 Å². The molecule has 0 radical (unpaired) electrons. The minimum Gasteiger partial charge on any atom is -0.491 e. The molecule has 1 aromatic rings. The van der Waals surface area contributed by atoms with Gasteiger partial charge < -0.3 is 20.3 Å². The Bertz CT molecular complexity index is 401. The van der Waals surface area contributed by atoms with Gasteiger partial charge in [0.25, 0.3) is 0 Å². The van der Waals surface area contributed by atoms with Gasteiger partial charge in [-0.05, 0) is 24.3 Å². The molecule has 20 heavy (non-hydrogen) atoms. The number of aliphatic hydroxyl groups excluding tert-OH is 1. The van der Waals surface area contributed by atoms with E-state index in [0.717, 1.165) is 24.5 Å². The average Bonchev–Trinajstić information content (AvgIpc) is 2.46. The molecule has 5 nitrogen and oxygen atoms in total. The summed E-state index contributed by atoms with van der Waals surface area (Å²) in [5.41, 5.74) is 0.187. The summed E-state index contributed by atoms with van der Waals surface area (Å²) >= 11 is 1.80. The zero-order chi connectivity index (χ0) is 14.6. The highest BCUT2D eigenvalue weighted by Crippen LogP contribution is 2.17. The van der Waals surface area contributed by atoms with Crippen molar-refractivity contribution in [3.63, 3.8) is 0 Å². The Balaban J connectivity index is 2.11. The van der Waals surface area contributed by atoms with Crippen LogP contribution < -0.4 is 10.1 Å². The second kappa shape index (κ2) is 10.5. The van der Waals surface area contributed by atoms with Crippen LogP contribution in [0.15, 0.2) is 24.3 Å². The smallest absolute Gasteiger partial charge is 0.339 e. The molecule has 0 amide bonds. The summed E-state index contributed by atoms with van der Waals surface area (Å²) in [5, 5.41) is 20.8. The van der Waals surface area contributed by atoms with Gasteiger partial charge in [-0.3, -0.25) is 0 Å². The maximum atomic E-state index is 11.0. The van der Waals surface area contributed by atoms with Gasteiger partial charge in [-0.2, -0.15) is 11.8 Å². The molecular weight excluding hydrogens is 278 g/mol. The average molecular weight is 299 g/mol. The van der Waals surface area contributed by atoms with E-state index in [-0.39, 0.29) is 12.2 Å². The number of ether oxygens (including phenoxy) is 1. The molecule has 0 atom stereocenters. The number of hydrogen-bond acceptors (Lipinski definition) is 5. The van der Waals surface area contributed by atoms with Gasteiger partial charge in [0.05, 0.1) is 0 Å². The van der Waals surface area contributed by atoms with Gasteiger partial charge in [0.1, 0.15) is 17.9 Å². The van der Waals surface area contributed by atoms with Crippen molar-refractivity contribution in [1.82, 2.24) is 5.32 Å². The van der Waals surface area contributed by atoms with E-state index in [1.165, 1.54) is 6.07 Å². The van der Waals surface area contributed by atoms with E-state index in [0.29, 0.717) is 18.9 Å². The van der Waals surface area contributed by atoms with Crippen molar-refractivity contribution < 1.29 is 19.7 Å². The van der Waals surface area contributed by atoms with Crippen LogP contribution in [0.5, 0.6) is 5.75 Å². The van der Waals surface area contributed by atoms with Crippen LogP contribution in [-0.4, -0.2) is 54.0 Å². The lowest BCUT2D eigenvalue weighted by molar-refractivity contribution is 0.0692. The number of carboxylic acids is 1. The van der Waals surface area contributed by atoms with Crippen LogP contribution in [0.25, 0.3) is 0 Å². The molecule has 0 saturated heterocycles. The molecule has 0 aliphatic rings. The van der Waals surface area contributed by atoms with Crippen molar-refractivity contribution in [2.45, 2.75) is 6.42 Å². The van der Waals surface area contributed by atoms with Gasteiger partial charge in [0, 0.05) is 25.4 Å². The molecule has 0 aromatic heterocycles. The Hall–Kier alpha value is -1.24. The molecule has 0 unspecified atom stereocenters. The fourth-order valence-electron chi connectivity index (χ4n) is 1.54. The van der Waals surface area contributed by atoms with Crippen LogP contribution in [0.1, 0.15) is 16.8 Å². The number of nitrogens with one attached hydrogen (secondary N) is 1. The third-order valence-electron chi connectivity index (χ3n) is 2.52. The number of carbonyl (C=O) groups is 1. The molecular formula is C14H21NO4S. The van der Waals surface area contributed by atoms with E-state index < -0.39 is 5.97 Å². The zero-order valence-electron chi connectivity index (χ0n) is 11.4. The number of hydrogen-bond donors (Lipinski definition) is 3. The predicted octanol–water partition coefficient (Wildman–Crippen LogP) is 1.47. The monoisotopic (exact) mass is 299 g/mol. The minimum absolute atomic E-state index is 0.187. The molecule has 112 valence electrons. The molecule has 3 N–H and O–H groups in total. The van der Waals surface area contributed by atoms with Gasteiger partial charge in [-0.25, -0.2) is 4.79 Å². The summed E-state index contributed by atoms with van der Waals surface area (Å²) in [6.07, 6.45) is 0.833. The van der Waals surface area contributed by atoms with Crippen molar-refractivity contribution in [2.24, 2.45) is 0 Å². The van der Waals surface area contributed by atoms with E-state index in [4.69, 9.17) is 14.9 Å². The summed E-state index contributed by atoms with van der Waals surface area (Å²) < 4.78 is 5.46. The standard InChI is InChI=1S/C14H21NO4S/c16-8-3-10-20-11-7-15-6-9-19-13-5-2-1-4-12(13)14(17)18/h1-2,4-5,15-16H,3,6-11H2,(H,17,18). The van der Waals surface area contributed by atoms with E-state index in [1.54, 1.807) is 30.0 Å².